The van der Waals surface area contributed by atoms with Crippen LogP contribution in [0.15, 0.2) is 28.9 Å². The van der Waals surface area contributed by atoms with E-state index in [-0.39, 0.29) is 0 Å². The van der Waals surface area contributed by atoms with Crippen LogP contribution in [0.4, 0.5) is 0 Å². The number of rotatable bonds is 1. The summed E-state index contributed by atoms with van der Waals surface area (Å²) >= 11 is 12.0. The molecule has 0 atom stereocenters. The number of nitrogens with zero attached hydrogens (tertiary/aromatic N) is 1. The lowest BCUT2D eigenvalue weighted by atomic mass is 10.1. The molecule has 5 heteroatoms. The van der Waals surface area contributed by atoms with Crippen molar-refractivity contribution < 1.29 is 9.63 Å². The van der Waals surface area contributed by atoms with E-state index in [0.717, 1.165) is 0 Å². The molecule has 1 heterocycles. The van der Waals surface area contributed by atoms with E-state index in [1.54, 1.807) is 31.2 Å². The first-order chi connectivity index (χ1) is 7.59. The lowest BCUT2D eigenvalue weighted by Crippen LogP contribution is -2.01. The molecule has 1 aliphatic rings. The lowest BCUT2D eigenvalue weighted by Gasteiger charge is -2.01. The molecular weight excluding hydrogens is 249 g/mol. The number of benzene rings is 1. The minimum Gasteiger partial charge on any atom is -0.312 e. The third-order valence-corrected chi connectivity index (χ3v) is 2.82. The maximum Gasteiger partial charge on any atom is 0.367 e. The smallest absolute Gasteiger partial charge is 0.312 e. The third kappa shape index (κ3) is 1.96. The van der Waals surface area contributed by atoms with Gasteiger partial charge in [-0.25, -0.2) is 4.79 Å². The highest BCUT2D eigenvalue weighted by Crippen LogP contribution is 2.28. The maximum atomic E-state index is 11.3. The quantitative estimate of drug-likeness (QED) is 0.571. The molecular formula is C11H7Cl2NO2. The van der Waals surface area contributed by atoms with Crippen molar-refractivity contribution in [2.24, 2.45) is 5.16 Å². The highest BCUT2D eigenvalue weighted by atomic mass is 35.5. The van der Waals surface area contributed by atoms with E-state index in [1.165, 1.54) is 0 Å². The Morgan fingerprint density at radius 2 is 1.94 bits per heavy atom. The number of halogens is 2. The van der Waals surface area contributed by atoms with Crippen LogP contribution in [0.25, 0.3) is 6.08 Å². The van der Waals surface area contributed by atoms with Gasteiger partial charge in [-0.15, -0.1) is 0 Å². The summed E-state index contributed by atoms with van der Waals surface area (Å²) in [6, 6.07) is 5.14. The first kappa shape index (κ1) is 11.2. The van der Waals surface area contributed by atoms with Crippen molar-refractivity contribution in [3.05, 3.63) is 39.4 Å². The SMILES string of the molecule is CC1=NOC(=O)/C1=C\c1c(Cl)cccc1Cl. The first-order valence-corrected chi connectivity index (χ1v) is 5.27. The lowest BCUT2D eigenvalue weighted by molar-refractivity contribution is -0.136. The van der Waals surface area contributed by atoms with Crippen molar-refractivity contribution in [3.63, 3.8) is 0 Å². The topological polar surface area (TPSA) is 38.7 Å². The fourth-order valence-corrected chi connectivity index (χ4v) is 1.82. The Kier molecular flexibility index (Phi) is 2.99. The van der Waals surface area contributed by atoms with Crippen molar-refractivity contribution in [2.75, 3.05) is 0 Å². The number of carbonyl (C=O) groups is 1. The predicted octanol–water partition coefficient (Wildman–Crippen LogP) is 3.31. The van der Waals surface area contributed by atoms with Crippen LogP contribution in [0, 0.1) is 0 Å². The Morgan fingerprint density at radius 1 is 1.31 bits per heavy atom. The van der Waals surface area contributed by atoms with Gasteiger partial charge in [0, 0.05) is 15.6 Å². The van der Waals surface area contributed by atoms with Crippen molar-refractivity contribution in [1.29, 1.82) is 0 Å². The van der Waals surface area contributed by atoms with Crippen LogP contribution in [0.3, 0.4) is 0 Å². The molecule has 0 radical (unpaired) electrons. The first-order valence-electron chi connectivity index (χ1n) is 4.51. The van der Waals surface area contributed by atoms with Crippen LogP contribution in [-0.4, -0.2) is 11.7 Å². The van der Waals surface area contributed by atoms with Crippen LogP contribution < -0.4 is 0 Å². The molecule has 0 saturated carbocycles. The Hall–Kier alpha value is -1.32. The van der Waals surface area contributed by atoms with Crippen LogP contribution in [0.1, 0.15) is 12.5 Å². The average molecular weight is 256 g/mol. The molecule has 0 aliphatic carbocycles. The standard InChI is InChI=1S/C11H7Cl2NO2/c1-6-7(11(15)16-14-6)5-8-9(12)3-2-4-10(8)13/h2-5H,1H3/b7-5-. The number of hydrogen-bond acceptors (Lipinski definition) is 3. The van der Waals surface area contributed by atoms with E-state index < -0.39 is 5.97 Å². The predicted molar refractivity (Wildman–Crippen MR) is 63.6 cm³/mol. The molecule has 3 nitrogen and oxygen atoms in total. The van der Waals surface area contributed by atoms with E-state index in [1.807, 2.05) is 0 Å². The molecule has 1 aliphatic heterocycles. The number of oxime groups is 1. The Morgan fingerprint density at radius 3 is 2.44 bits per heavy atom. The summed E-state index contributed by atoms with van der Waals surface area (Å²) in [5.41, 5.74) is 1.48. The molecule has 0 unspecified atom stereocenters. The van der Waals surface area contributed by atoms with Crippen LogP contribution >= 0.6 is 23.2 Å². The fourth-order valence-electron chi connectivity index (χ4n) is 1.31. The van der Waals surface area contributed by atoms with Gasteiger partial charge in [-0.05, 0) is 25.1 Å². The Labute approximate surface area is 102 Å². The summed E-state index contributed by atoms with van der Waals surface area (Å²) in [6.07, 6.45) is 1.58. The summed E-state index contributed by atoms with van der Waals surface area (Å²) in [5.74, 6) is -0.492. The zero-order valence-corrected chi connectivity index (χ0v) is 9.84. The average Bonchev–Trinajstić information content (AvgIpc) is 2.54. The van der Waals surface area contributed by atoms with Crippen molar-refractivity contribution in [1.82, 2.24) is 0 Å². The third-order valence-electron chi connectivity index (χ3n) is 2.16. The van der Waals surface area contributed by atoms with E-state index in [0.29, 0.717) is 26.9 Å². The fraction of sp³-hybridized carbons (Fsp3) is 0.0909. The summed E-state index contributed by atoms with van der Waals surface area (Å²) in [4.78, 5) is 15.8. The van der Waals surface area contributed by atoms with Gasteiger partial charge < -0.3 is 4.84 Å². The highest BCUT2D eigenvalue weighted by molar-refractivity contribution is 6.38. The molecule has 1 aromatic rings. The molecule has 0 aromatic heterocycles. The van der Waals surface area contributed by atoms with Gasteiger partial charge in [0.25, 0.3) is 0 Å². The summed E-state index contributed by atoms with van der Waals surface area (Å²) in [7, 11) is 0. The van der Waals surface area contributed by atoms with E-state index >= 15 is 0 Å². The molecule has 2 rings (SSSR count). The van der Waals surface area contributed by atoms with Gasteiger partial charge in [-0.3, -0.25) is 0 Å². The molecule has 1 aromatic carbocycles. The van der Waals surface area contributed by atoms with Crippen molar-refractivity contribution >= 4 is 41.0 Å². The number of carbonyl (C=O) groups excluding carboxylic acids is 1. The molecule has 0 amide bonds. The molecule has 82 valence electrons. The van der Waals surface area contributed by atoms with E-state index in [4.69, 9.17) is 23.2 Å². The highest BCUT2D eigenvalue weighted by Gasteiger charge is 2.22. The van der Waals surface area contributed by atoms with Gasteiger partial charge in [0.05, 0.1) is 11.3 Å². The minimum atomic E-state index is -0.492. The Balaban J connectivity index is 2.51. The monoisotopic (exact) mass is 255 g/mol. The molecule has 16 heavy (non-hydrogen) atoms. The van der Waals surface area contributed by atoms with Crippen LogP contribution in [0.5, 0.6) is 0 Å². The summed E-state index contributed by atoms with van der Waals surface area (Å²) in [5, 5.41) is 4.53. The molecule has 0 bridgehead atoms. The second-order valence-electron chi connectivity index (χ2n) is 3.25. The van der Waals surface area contributed by atoms with Crippen LogP contribution in [-0.2, 0) is 9.63 Å². The van der Waals surface area contributed by atoms with Gasteiger partial charge in [-0.2, -0.15) is 0 Å². The molecule has 0 fully saturated rings. The van der Waals surface area contributed by atoms with Gasteiger partial charge >= 0.3 is 5.97 Å². The molecule has 0 saturated heterocycles. The van der Waals surface area contributed by atoms with E-state index in [9.17, 15) is 4.79 Å². The molecule has 0 N–H and O–H groups in total. The van der Waals surface area contributed by atoms with Crippen molar-refractivity contribution in [3.8, 4) is 0 Å². The van der Waals surface area contributed by atoms with Crippen molar-refractivity contribution in [2.45, 2.75) is 6.92 Å². The van der Waals surface area contributed by atoms with Crippen LogP contribution in [0.2, 0.25) is 10.0 Å². The maximum absolute atomic E-state index is 11.3. The summed E-state index contributed by atoms with van der Waals surface area (Å²) in [6.45, 7) is 1.68. The van der Waals surface area contributed by atoms with Gasteiger partial charge in [0.15, 0.2) is 0 Å². The molecule has 0 spiro atoms. The summed E-state index contributed by atoms with van der Waals surface area (Å²) < 4.78 is 0. The van der Waals surface area contributed by atoms with Gasteiger partial charge in [-0.1, -0.05) is 34.4 Å². The zero-order valence-electron chi connectivity index (χ0n) is 8.33. The number of hydrogen-bond donors (Lipinski definition) is 0. The van der Waals surface area contributed by atoms with E-state index in [2.05, 4.69) is 9.99 Å². The second kappa shape index (κ2) is 4.28. The zero-order chi connectivity index (χ0) is 11.7. The second-order valence-corrected chi connectivity index (χ2v) is 4.06. The minimum absolute atomic E-state index is 0.370. The van der Waals surface area contributed by atoms with Gasteiger partial charge in [0.2, 0.25) is 0 Å². The normalized spacial score (nSPS) is 17.6. The largest absolute Gasteiger partial charge is 0.367 e. The Bertz CT molecular complexity index is 500. The van der Waals surface area contributed by atoms with Gasteiger partial charge in [0.1, 0.15) is 0 Å².